The first kappa shape index (κ1) is 17.5. The fourth-order valence-corrected chi connectivity index (χ4v) is 3.04. The van der Waals surface area contributed by atoms with Crippen LogP contribution in [-0.2, 0) is 19.1 Å². The Morgan fingerprint density at radius 3 is 2.42 bits per heavy atom. The predicted octanol–water partition coefficient (Wildman–Crippen LogP) is 1.74. The smallest absolute Gasteiger partial charge is 0.346 e. The average Bonchev–Trinajstić information content (AvgIpc) is 3.01. The fourth-order valence-electron chi connectivity index (χ4n) is 3.04. The molecule has 0 radical (unpaired) electrons. The maximum Gasteiger partial charge on any atom is 0.346 e. The van der Waals surface area contributed by atoms with Crippen molar-refractivity contribution in [1.29, 1.82) is 0 Å². The molecule has 3 aliphatic rings. The van der Waals surface area contributed by atoms with Crippen LogP contribution >= 0.6 is 0 Å². The van der Waals surface area contributed by atoms with E-state index in [1.165, 1.54) is 12.1 Å². The normalized spacial score (nSPS) is 25.7. The van der Waals surface area contributed by atoms with Gasteiger partial charge in [0.2, 0.25) is 0 Å². The summed E-state index contributed by atoms with van der Waals surface area (Å²) >= 11 is 0. The van der Waals surface area contributed by atoms with Crippen LogP contribution < -0.4 is 0 Å². The molecular weight excluding hydrogens is 344 g/mol. The summed E-state index contributed by atoms with van der Waals surface area (Å²) in [6, 6.07) is 3.65. The third kappa shape index (κ3) is 2.79. The molecule has 2 aliphatic heterocycles. The summed E-state index contributed by atoms with van der Waals surface area (Å²) in [4.78, 5) is 54.9. The Labute approximate surface area is 147 Å². The van der Waals surface area contributed by atoms with E-state index in [-0.39, 0.29) is 34.5 Å². The first-order valence-electron chi connectivity index (χ1n) is 7.79. The quantitative estimate of drug-likeness (QED) is 0.457. The van der Waals surface area contributed by atoms with Crippen LogP contribution in [0.3, 0.4) is 0 Å². The molecule has 0 aromatic heterocycles. The highest BCUT2D eigenvalue weighted by Crippen LogP contribution is 2.44. The van der Waals surface area contributed by atoms with Gasteiger partial charge in [-0.15, -0.1) is 0 Å². The number of esters is 4. The van der Waals surface area contributed by atoms with Gasteiger partial charge in [-0.3, -0.25) is 9.59 Å². The molecule has 8 heteroatoms. The lowest BCUT2D eigenvalue weighted by atomic mass is 9.72. The summed E-state index contributed by atoms with van der Waals surface area (Å²) < 4.78 is 8.89. The Kier molecular flexibility index (Phi) is 4.19. The summed E-state index contributed by atoms with van der Waals surface area (Å²) in [7, 11) is 0. The van der Waals surface area contributed by atoms with Gasteiger partial charge in [-0.05, 0) is 38.0 Å². The van der Waals surface area contributed by atoms with Crippen molar-refractivity contribution in [2.75, 3.05) is 0 Å². The van der Waals surface area contributed by atoms with Gasteiger partial charge in [0.05, 0.1) is 28.0 Å². The highest BCUT2D eigenvalue weighted by atomic mass is 16.6. The molecule has 1 N–H and O–H groups in total. The zero-order valence-corrected chi connectivity index (χ0v) is 13.7. The van der Waals surface area contributed by atoms with Crippen LogP contribution in [0.1, 0.15) is 50.8 Å². The lowest BCUT2D eigenvalue weighted by molar-refractivity contribution is -0.155. The number of ether oxygens (including phenoxy) is 2. The third-order valence-corrected chi connectivity index (χ3v) is 4.69. The van der Waals surface area contributed by atoms with Crippen LogP contribution in [0.4, 0.5) is 0 Å². The highest BCUT2D eigenvalue weighted by Gasteiger charge is 2.53. The third-order valence-electron chi connectivity index (χ3n) is 4.69. The number of hydrogen-bond donors (Lipinski definition) is 1. The topological polar surface area (TPSA) is 124 Å². The van der Waals surface area contributed by atoms with Crippen molar-refractivity contribution >= 4 is 29.8 Å². The van der Waals surface area contributed by atoms with Crippen LogP contribution in [0.15, 0.2) is 30.4 Å². The molecule has 0 saturated carbocycles. The van der Waals surface area contributed by atoms with Crippen molar-refractivity contribution in [3.8, 4) is 0 Å². The van der Waals surface area contributed by atoms with E-state index in [9.17, 15) is 24.0 Å². The zero-order valence-electron chi connectivity index (χ0n) is 13.7. The molecule has 8 nitrogen and oxygen atoms in total. The van der Waals surface area contributed by atoms with Crippen molar-refractivity contribution in [2.45, 2.75) is 19.8 Å². The Hall–Kier alpha value is -3.29. The molecule has 1 aliphatic carbocycles. The number of carbonyl (C=O) groups excluding carboxylic acids is 4. The highest BCUT2D eigenvalue weighted by molar-refractivity contribution is 6.15. The number of benzene rings is 1. The molecule has 0 spiro atoms. The van der Waals surface area contributed by atoms with Crippen LogP contribution in [0.5, 0.6) is 0 Å². The number of hydrogen-bond acceptors (Lipinski definition) is 7. The van der Waals surface area contributed by atoms with Crippen LogP contribution in [0.25, 0.3) is 0 Å². The van der Waals surface area contributed by atoms with E-state index in [0.717, 1.165) is 6.07 Å². The van der Waals surface area contributed by atoms with Crippen LogP contribution in [0.2, 0.25) is 0 Å². The van der Waals surface area contributed by atoms with Crippen molar-refractivity contribution in [3.05, 3.63) is 47.0 Å². The van der Waals surface area contributed by atoms with Gasteiger partial charge in [0, 0.05) is 0 Å². The standard InChI is InChI=1S/C9H4O5.C9H10O3/c10-7(11)4-1-2-5-6(3-4)9(13)14-8(5)12;1-9-5-3-2-4-6(9)7(10)12-8(9)11/h1-3H,(H,10,11);2-3,6H,4-5H2,1H3. The van der Waals surface area contributed by atoms with E-state index in [1.54, 1.807) is 6.92 Å². The molecule has 1 aromatic carbocycles. The predicted molar refractivity (Wildman–Crippen MR) is 84.2 cm³/mol. The number of cyclic esters (lactones) is 4. The van der Waals surface area contributed by atoms with Crippen molar-refractivity contribution in [1.82, 2.24) is 0 Å². The van der Waals surface area contributed by atoms with E-state index in [4.69, 9.17) is 5.11 Å². The zero-order chi connectivity index (χ0) is 19.1. The number of fused-ring (bicyclic) bond motifs is 2. The molecule has 2 atom stereocenters. The van der Waals surface area contributed by atoms with Gasteiger partial charge in [0.25, 0.3) is 0 Å². The van der Waals surface area contributed by atoms with Crippen LogP contribution in [-0.4, -0.2) is 35.0 Å². The van der Waals surface area contributed by atoms with Gasteiger partial charge in [0.1, 0.15) is 0 Å². The second kappa shape index (κ2) is 6.21. The molecule has 2 heterocycles. The van der Waals surface area contributed by atoms with Crippen molar-refractivity contribution < 1.29 is 38.6 Å². The van der Waals surface area contributed by atoms with Gasteiger partial charge in [-0.1, -0.05) is 12.2 Å². The molecule has 134 valence electrons. The Balaban J connectivity index is 0.000000152. The number of rotatable bonds is 1. The molecule has 1 saturated heterocycles. The van der Waals surface area contributed by atoms with Crippen LogP contribution in [0, 0.1) is 11.3 Å². The molecule has 0 amide bonds. The first-order chi connectivity index (χ1) is 12.2. The van der Waals surface area contributed by atoms with Gasteiger partial charge < -0.3 is 14.6 Å². The summed E-state index contributed by atoms with van der Waals surface area (Å²) in [5.41, 5.74) is -0.503. The minimum Gasteiger partial charge on any atom is -0.478 e. The Bertz CT molecular complexity index is 881. The minimum atomic E-state index is -1.15. The summed E-state index contributed by atoms with van der Waals surface area (Å²) in [5.74, 6) is -3.64. The number of carbonyl (C=O) groups is 5. The van der Waals surface area contributed by atoms with Crippen molar-refractivity contribution in [3.63, 3.8) is 0 Å². The molecule has 26 heavy (non-hydrogen) atoms. The Morgan fingerprint density at radius 2 is 1.77 bits per heavy atom. The SMILES string of the molecule is CC12CC=CCC1C(=O)OC2=O.O=C(O)c1ccc2c(c1)C(=O)OC2=O. The summed E-state index contributed by atoms with van der Waals surface area (Å²) in [5, 5.41) is 8.63. The lowest BCUT2D eigenvalue weighted by Gasteiger charge is -2.25. The van der Waals surface area contributed by atoms with Crippen molar-refractivity contribution in [2.24, 2.45) is 11.3 Å². The van der Waals surface area contributed by atoms with E-state index in [2.05, 4.69) is 9.47 Å². The molecule has 0 bridgehead atoms. The largest absolute Gasteiger partial charge is 0.478 e. The maximum absolute atomic E-state index is 11.3. The first-order valence-corrected chi connectivity index (χ1v) is 7.79. The second-order valence-electron chi connectivity index (χ2n) is 6.33. The van der Waals surface area contributed by atoms with Gasteiger partial charge >= 0.3 is 29.8 Å². The summed E-state index contributed by atoms with van der Waals surface area (Å²) in [6.07, 6.45) is 5.14. The molecule has 2 unspecified atom stereocenters. The maximum atomic E-state index is 11.3. The van der Waals surface area contributed by atoms with Gasteiger partial charge in [-0.2, -0.15) is 0 Å². The average molecular weight is 358 g/mol. The van der Waals surface area contributed by atoms with E-state index >= 15 is 0 Å². The molecule has 4 rings (SSSR count). The number of carboxylic acid groups (broad SMARTS) is 1. The lowest BCUT2D eigenvalue weighted by Crippen LogP contribution is -2.31. The molecule has 1 fully saturated rings. The minimum absolute atomic E-state index is 0.00917. The number of carboxylic acids is 1. The summed E-state index contributed by atoms with van der Waals surface area (Å²) in [6.45, 7) is 1.80. The fraction of sp³-hybridized carbons (Fsp3) is 0.278. The molecular formula is C18H14O8. The molecule has 1 aromatic rings. The monoisotopic (exact) mass is 358 g/mol. The second-order valence-corrected chi connectivity index (χ2v) is 6.33. The Morgan fingerprint density at radius 1 is 1.08 bits per heavy atom. The number of allylic oxidation sites excluding steroid dienone is 2. The van der Waals surface area contributed by atoms with E-state index in [1.807, 2.05) is 12.2 Å². The van der Waals surface area contributed by atoms with E-state index < -0.39 is 23.3 Å². The van der Waals surface area contributed by atoms with Gasteiger partial charge in [-0.25, -0.2) is 14.4 Å². The van der Waals surface area contributed by atoms with Gasteiger partial charge in [0.15, 0.2) is 0 Å². The number of aromatic carboxylic acids is 1. The van der Waals surface area contributed by atoms with E-state index in [0.29, 0.717) is 12.8 Å².